The Hall–Kier alpha value is -2.83. The van der Waals surface area contributed by atoms with E-state index in [4.69, 9.17) is 4.74 Å². The van der Waals surface area contributed by atoms with Crippen molar-refractivity contribution in [1.29, 1.82) is 0 Å². The number of carbonyl (C=O) groups is 1. The number of carbonyl (C=O) groups excluding carboxylic acids is 1. The molecule has 1 aliphatic heterocycles. The van der Waals surface area contributed by atoms with E-state index >= 15 is 0 Å². The number of ether oxygens (including phenoxy) is 1. The van der Waals surface area contributed by atoms with Crippen molar-refractivity contribution in [2.45, 2.75) is 32.4 Å². The molecule has 2 atom stereocenters. The molecule has 1 aliphatic rings. The zero-order chi connectivity index (χ0) is 19.4. The van der Waals surface area contributed by atoms with E-state index in [-0.39, 0.29) is 18.1 Å². The lowest BCUT2D eigenvalue weighted by Gasteiger charge is -2.20. The molecule has 0 aliphatic carbocycles. The first kappa shape index (κ1) is 18.9. The van der Waals surface area contributed by atoms with Crippen LogP contribution in [0, 0.1) is 0 Å². The molecule has 0 radical (unpaired) electrons. The van der Waals surface area contributed by atoms with Gasteiger partial charge in [-0.3, -0.25) is 4.79 Å². The van der Waals surface area contributed by atoms with E-state index in [2.05, 4.69) is 20.2 Å². The average Bonchev–Trinajstić information content (AvgIpc) is 3.10. The number of benzene rings is 1. The number of hydrogen-bond acceptors (Lipinski definition) is 6. The molecule has 2 heterocycles. The SMILES string of the molecule is CC(=O)N[C@@H](C)c1ccc(O[C@@H]2CCN(c3ccnc(N(C)C)n3)C2)cc1. The lowest BCUT2D eigenvalue weighted by molar-refractivity contribution is -0.119. The van der Waals surface area contributed by atoms with Gasteiger partial charge in [-0.15, -0.1) is 0 Å². The van der Waals surface area contributed by atoms with Crippen LogP contribution in [0.5, 0.6) is 5.75 Å². The summed E-state index contributed by atoms with van der Waals surface area (Å²) in [6.07, 6.45) is 2.87. The highest BCUT2D eigenvalue weighted by molar-refractivity contribution is 5.73. The van der Waals surface area contributed by atoms with Crippen LogP contribution in [0.25, 0.3) is 0 Å². The molecule has 3 rings (SSSR count). The number of nitrogens with one attached hydrogen (secondary N) is 1. The van der Waals surface area contributed by atoms with Crippen molar-refractivity contribution >= 4 is 17.7 Å². The Kier molecular flexibility index (Phi) is 5.78. The summed E-state index contributed by atoms with van der Waals surface area (Å²) < 4.78 is 6.14. The van der Waals surface area contributed by atoms with E-state index in [1.54, 1.807) is 6.20 Å². The molecule has 0 unspecified atom stereocenters. The summed E-state index contributed by atoms with van der Waals surface area (Å²) >= 11 is 0. The molecular formula is C20H27N5O2. The van der Waals surface area contributed by atoms with Crippen molar-refractivity contribution in [2.75, 3.05) is 37.0 Å². The lowest BCUT2D eigenvalue weighted by Crippen LogP contribution is -2.26. The Balaban J connectivity index is 1.58. The predicted molar refractivity (Wildman–Crippen MR) is 106 cm³/mol. The third-order valence-corrected chi connectivity index (χ3v) is 4.60. The first-order valence-corrected chi connectivity index (χ1v) is 9.21. The molecule has 1 aromatic heterocycles. The highest BCUT2D eigenvalue weighted by atomic mass is 16.5. The Morgan fingerprint density at radius 1 is 1.30 bits per heavy atom. The summed E-state index contributed by atoms with van der Waals surface area (Å²) in [7, 11) is 3.87. The lowest BCUT2D eigenvalue weighted by atomic mass is 10.1. The van der Waals surface area contributed by atoms with Crippen LogP contribution in [-0.2, 0) is 4.79 Å². The van der Waals surface area contributed by atoms with Gasteiger partial charge in [0.05, 0.1) is 12.6 Å². The van der Waals surface area contributed by atoms with Gasteiger partial charge in [0.2, 0.25) is 11.9 Å². The Bertz CT molecular complexity index is 778. The number of nitrogens with zero attached hydrogens (tertiary/aromatic N) is 4. The fourth-order valence-corrected chi connectivity index (χ4v) is 3.18. The van der Waals surface area contributed by atoms with Crippen LogP contribution in [-0.4, -0.2) is 49.2 Å². The van der Waals surface area contributed by atoms with E-state index in [0.29, 0.717) is 5.95 Å². The van der Waals surface area contributed by atoms with Crippen molar-refractivity contribution < 1.29 is 9.53 Å². The third kappa shape index (κ3) is 4.87. The maximum atomic E-state index is 11.2. The molecule has 0 bridgehead atoms. The van der Waals surface area contributed by atoms with Gasteiger partial charge in [-0.25, -0.2) is 4.98 Å². The van der Waals surface area contributed by atoms with Gasteiger partial charge in [0.1, 0.15) is 17.7 Å². The Morgan fingerprint density at radius 2 is 2.04 bits per heavy atom. The highest BCUT2D eigenvalue weighted by Crippen LogP contribution is 2.24. The van der Waals surface area contributed by atoms with E-state index in [9.17, 15) is 4.79 Å². The molecule has 2 aromatic rings. The molecule has 0 saturated carbocycles. The summed E-state index contributed by atoms with van der Waals surface area (Å²) in [6.45, 7) is 5.20. The average molecular weight is 369 g/mol. The summed E-state index contributed by atoms with van der Waals surface area (Å²) in [4.78, 5) is 24.2. The summed E-state index contributed by atoms with van der Waals surface area (Å²) in [5.41, 5.74) is 1.06. The van der Waals surface area contributed by atoms with Gasteiger partial charge in [-0.2, -0.15) is 4.98 Å². The van der Waals surface area contributed by atoms with Crippen molar-refractivity contribution in [1.82, 2.24) is 15.3 Å². The third-order valence-electron chi connectivity index (χ3n) is 4.60. The molecule has 7 nitrogen and oxygen atoms in total. The van der Waals surface area contributed by atoms with Crippen LogP contribution in [0.4, 0.5) is 11.8 Å². The molecule has 0 spiro atoms. The van der Waals surface area contributed by atoms with E-state index in [1.807, 2.05) is 56.3 Å². The van der Waals surface area contributed by atoms with Crippen LogP contribution in [0.3, 0.4) is 0 Å². The van der Waals surface area contributed by atoms with Crippen molar-refractivity contribution in [2.24, 2.45) is 0 Å². The maximum absolute atomic E-state index is 11.2. The summed E-state index contributed by atoms with van der Waals surface area (Å²) in [6, 6.07) is 9.85. The van der Waals surface area contributed by atoms with Crippen molar-refractivity contribution in [3.63, 3.8) is 0 Å². The largest absolute Gasteiger partial charge is 0.489 e. The van der Waals surface area contributed by atoms with Crippen LogP contribution in [0.1, 0.15) is 31.9 Å². The second-order valence-corrected chi connectivity index (χ2v) is 7.08. The molecular weight excluding hydrogens is 342 g/mol. The highest BCUT2D eigenvalue weighted by Gasteiger charge is 2.25. The molecule has 1 saturated heterocycles. The fraction of sp³-hybridized carbons (Fsp3) is 0.450. The maximum Gasteiger partial charge on any atom is 0.226 e. The quantitative estimate of drug-likeness (QED) is 0.843. The topological polar surface area (TPSA) is 70.6 Å². The minimum atomic E-state index is -0.0315. The molecule has 7 heteroatoms. The fourth-order valence-electron chi connectivity index (χ4n) is 3.18. The van der Waals surface area contributed by atoms with Crippen LogP contribution in [0.2, 0.25) is 0 Å². The van der Waals surface area contributed by atoms with Gasteiger partial charge in [-0.05, 0) is 30.7 Å². The monoisotopic (exact) mass is 369 g/mol. The van der Waals surface area contributed by atoms with E-state index in [1.165, 1.54) is 6.92 Å². The first-order chi connectivity index (χ1) is 12.9. The molecule has 1 N–H and O–H groups in total. The number of anilines is 2. The smallest absolute Gasteiger partial charge is 0.226 e. The Labute approximate surface area is 160 Å². The normalized spacial score (nSPS) is 17.5. The molecule has 144 valence electrons. The summed E-state index contributed by atoms with van der Waals surface area (Å²) in [5, 5.41) is 2.89. The van der Waals surface area contributed by atoms with Gasteiger partial charge in [0.25, 0.3) is 0 Å². The first-order valence-electron chi connectivity index (χ1n) is 9.21. The number of hydrogen-bond donors (Lipinski definition) is 1. The van der Waals surface area contributed by atoms with Gasteiger partial charge < -0.3 is 19.9 Å². The molecule has 1 aromatic carbocycles. The van der Waals surface area contributed by atoms with Crippen LogP contribution < -0.4 is 19.9 Å². The molecule has 27 heavy (non-hydrogen) atoms. The molecule has 1 fully saturated rings. The van der Waals surface area contributed by atoms with Crippen LogP contribution in [0.15, 0.2) is 36.5 Å². The summed E-state index contributed by atoms with van der Waals surface area (Å²) in [5.74, 6) is 2.45. The van der Waals surface area contributed by atoms with Crippen molar-refractivity contribution in [3.05, 3.63) is 42.1 Å². The van der Waals surface area contributed by atoms with Gasteiger partial charge in [0, 0.05) is 40.2 Å². The minimum Gasteiger partial charge on any atom is -0.489 e. The van der Waals surface area contributed by atoms with Crippen LogP contribution >= 0.6 is 0 Å². The van der Waals surface area contributed by atoms with Gasteiger partial charge >= 0.3 is 0 Å². The second-order valence-electron chi connectivity index (χ2n) is 7.08. The minimum absolute atomic E-state index is 0.0119. The van der Waals surface area contributed by atoms with E-state index in [0.717, 1.165) is 36.6 Å². The zero-order valence-corrected chi connectivity index (χ0v) is 16.3. The standard InChI is InChI=1S/C20H27N5O2/c1-14(22-15(2)26)16-5-7-17(8-6-16)27-18-10-12-25(13-18)19-9-11-21-20(23-19)24(3)4/h5-9,11,14,18H,10,12-13H2,1-4H3,(H,22,26)/t14-,18+/m0/s1. The Morgan fingerprint density at radius 3 is 2.70 bits per heavy atom. The predicted octanol–water partition coefficient (Wildman–Crippen LogP) is 2.40. The zero-order valence-electron chi connectivity index (χ0n) is 16.3. The number of amides is 1. The van der Waals surface area contributed by atoms with Gasteiger partial charge in [0.15, 0.2) is 0 Å². The number of rotatable bonds is 6. The number of aromatic nitrogens is 2. The van der Waals surface area contributed by atoms with Crippen molar-refractivity contribution in [3.8, 4) is 5.75 Å². The van der Waals surface area contributed by atoms with E-state index < -0.39 is 0 Å². The molecule has 1 amide bonds. The van der Waals surface area contributed by atoms with Gasteiger partial charge in [-0.1, -0.05) is 12.1 Å². The second kappa shape index (κ2) is 8.24.